The molecule has 0 saturated heterocycles. The first-order valence-corrected chi connectivity index (χ1v) is 5.72. The van der Waals surface area contributed by atoms with E-state index >= 15 is 0 Å². The van der Waals surface area contributed by atoms with Gasteiger partial charge in [0.2, 0.25) is 0 Å². The van der Waals surface area contributed by atoms with Gasteiger partial charge in [0.15, 0.2) is 11.5 Å². The van der Waals surface area contributed by atoms with Gasteiger partial charge in [0.05, 0.1) is 5.52 Å². The predicted octanol–water partition coefficient (Wildman–Crippen LogP) is 3.21. The third-order valence-electron chi connectivity index (χ3n) is 2.99. The second kappa shape index (κ2) is 4.41. The lowest BCUT2D eigenvalue weighted by atomic mass is 10.0. The number of hydrogen-bond donors (Lipinski definition) is 2. The van der Waals surface area contributed by atoms with E-state index in [9.17, 15) is 13.6 Å². The third-order valence-corrected chi connectivity index (χ3v) is 2.99. The van der Waals surface area contributed by atoms with Crippen molar-refractivity contribution in [1.82, 2.24) is 9.97 Å². The Morgan fingerprint density at radius 2 is 1.90 bits per heavy atom. The van der Waals surface area contributed by atoms with Crippen molar-refractivity contribution in [1.29, 1.82) is 0 Å². The number of hydrogen-bond acceptors (Lipinski definition) is 2. The smallest absolute Gasteiger partial charge is 0.357 e. The minimum Gasteiger partial charge on any atom is -0.476 e. The van der Waals surface area contributed by atoms with Gasteiger partial charge in [-0.2, -0.15) is 0 Å². The SMILES string of the molecule is O=C(O)c1ncc(-c2cc(F)c3[nH]ccc3c2)cc1F. The largest absolute Gasteiger partial charge is 0.476 e. The van der Waals surface area contributed by atoms with E-state index in [1.165, 1.54) is 12.3 Å². The average Bonchev–Trinajstić information content (AvgIpc) is 2.87. The molecular weight excluding hydrogens is 266 g/mol. The lowest BCUT2D eigenvalue weighted by molar-refractivity contribution is 0.0685. The van der Waals surface area contributed by atoms with E-state index < -0.39 is 23.3 Å². The summed E-state index contributed by atoms with van der Waals surface area (Å²) < 4.78 is 27.4. The number of aromatic amines is 1. The van der Waals surface area contributed by atoms with E-state index in [1.807, 2.05) is 0 Å². The molecule has 3 rings (SSSR count). The lowest BCUT2D eigenvalue weighted by Gasteiger charge is -2.04. The van der Waals surface area contributed by atoms with E-state index in [1.54, 1.807) is 18.3 Å². The summed E-state index contributed by atoms with van der Waals surface area (Å²) in [6.07, 6.45) is 2.81. The molecule has 3 aromatic rings. The number of carboxylic acids is 1. The fourth-order valence-electron chi connectivity index (χ4n) is 2.05. The molecule has 0 unspecified atom stereocenters. The number of carbonyl (C=O) groups is 1. The average molecular weight is 274 g/mol. The second-order valence-corrected chi connectivity index (χ2v) is 4.26. The summed E-state index contributed by atoms with van der Waals surface area (Å²) in [7, 11) is 0. The fraction of sp³-hybridized carbons (Fsp3) is 0. The van der Waals surface area contributed by atoms with Gasteiger partial charge < -0.3 is 10.1 Å². The van der Waals surface area contributed by atoms with Crippen LogP contribution in [0.2, 0.25) is 0 Å². The first kappa shape index (κ1) is 12.3. The summed E-state index contributed by atoms with van der Waals surface area (Å²) in [5, 5.41) is 9.36. The molecular formula is C14H8F2N2O2. The number of fused-ring (bicyclic) bond motifs is 1. The van der Waals surface area contributed by atoms with Gasteiger partial charge in [-0.15, -0.1) is 0 Å². The zero-order chi connectivity index (χ0) is 14.3. The molecule has 0 aliphatic heterocycles. The summed E-state index contributed by atoms with van der Waals surface area (Å²) in [5.41, 5.74) is 0.453. The first-order chi connectivity index (χ1) is 9.56. The van der Waals surface area contributed by atoms with Gasteiger partial charge >= 0.3 is 5.97 Å². The van der Waals surface area contributed by atoms with Crippen molar-refractivity contribution in [2.75, 3.05) is 0 Å². The quantitative estimate of drug-likeness (QED) is 0.754. The van der Waals surface area contributed by atoms with Crippen LogP contribution >= 0.6 is 0 Å². The van der Waals surface area contributed by atoms with Crippen LogP contribution in [0.1, 0.15) is 10.5 Å². The topological polar surface area (TPSA) is 66.0 Å². The normalized spacial score (nSPS) is 10.9. The van der Waals surface area contributed by atoms with Gasteiger partial charge in [-0.05, 0) is 29.8 Å². The van der Waals surface area contributed by atoms with Crippen LogP contribution in [-0.4, -0.2) is 21.0 Å². The van der Waals surface area contributed by atoms with Crippen LogP contribution in [0.5, 0.6) is 0 Å². The monoisotopic (exact) mass is 274 g/mol. The molecule has 100 valence electrons. The number of pyridine rings is 1. The lowest BCUT2D eigenvalue weighted by Crippen LogP contribution is -2.04. The minimum atomic E-state index is -1.44. The summed E-state index contributed by atoms with van der Waals surface area (Å²) in [4.78, 5) is 17.0. The maximum Gasteiger partial charge on any atom is 0.357 e. The van der Waals surface area contributed by atoms with Gasteiger partial charge in [0.1, 0.15) is 5.82 Å². The Hall–Kier alpha value is -2.76. The summed E-state index contributed by atoms with van der Waals surface area (Å²) >= 11 is 0. The van der Waals surface area contributed by atoms with Gasteiger partial charge in [0.25, 0.3) is 0 Å². The highest BCUT2D eigenvalue weighted by Crippen LogP contribution is 2.26. The molecule has 1 aromatic carbocycles. The van der Waals surface area contributed by atoms with E-state index in [0.717, 1.165) is 6.07 Å². The molecule has 0 saturated carbocycles. The highest BCUT2D eigenvalue weighted by atomic mass is 19.1. The standard InChI is InChI=1S/C14H8F2N2O2/c15-10-4-8(3-7-1-2-17-12(7)10)9-5-11(16)13(14(19)20)18-6-9/h1-6,17H,(H,19,20). The molecule has 0 atom stereocenters. The minimum absolute atomic E-state index is 0.314. The molecule has 4 nitrogen and oxygen atoms in total. The van der Waals surface area contributed by atoms with E-state index in [2.05, 4.69) is 9.97 Å². The van der Waals surface area contributed by atoms with Crippen LogP contribution in [0.3, 0.4) is 0 Å². The molecule has 2 N–H and O–H groups in total. The molecule has 0 fully saturated rings. The van der Waals surface area contributed by atoms with E-state index in [4.69, 9.17) is 5.11 Å². The van der Waals surface area contributed by atoms with Crippen molar-refractivity contribution in [3.8, 4) is 11.1 Å². The van der Waals surface area contributed by atoms with E-state index in [0.29, 0.717) is 22.0 Å². The Kier molecular flexibility index (Phi) is 2.71. The van der Waals surface area contributed by atoms with Gasteiger partial charge in [-0.25, -0.2) is 18.6 Å². The van der Waals surface area contributed by atoms with E-state index in [-0.39, 0.29) is 0 Å². The maximum atomic E-state index is 13.8. The Morgan fingerprint density at radius 3 is 2.60 bits per heavy atom. The number of aromatic nitrogens is 2. The summed E-state index contributed by atoms with van der Waals surface area (Å²) in [5.74, 6) is -2.86. The zero-order valence-corrected chi connectivity index (χ0v) is 10.0. The van der Waals surface area contributed by atoms with Crippen LogP contribution in [0.4, 0.5) is 8.78 Å². The Labute approximate surface area is 111 Å². The number of nitrogens with one attached hydrogen (secondary N) is 1. The highest BCUT2D eigenvalue weighted by Gasteiger charge is 2.14. The van der Waals surface area contributed by atoms with Crippen molar-refractivity contribution in [2.24, 2.45) is 0 Å². The number of rotatable bonds is 2. The van der Waals surface area contributed by atoms with Crippen LogP contribution in [0.25, 0.3) is 22.0 Å². The summed E-state index contributed by atoms with van der Waals surface area (Å²) in [6, 6.07) is 5.64. The second-order valence-electron chi connectivity index (χ2n) is 4.26. The molecule has 0 aliphatic carbocycles. The number of carboxylic acid groups (broad SMARTS) is 1. The third kappa shape index (κ3) is 1.91. The zero-order valence-electron chi connectivity index (χ0n) is 10.0. The first-order valence-electron chi connectivity index (χ1n) is 5.72. The Morgan fingerprint density at radius 1 is 1.15 bits per heavy atom. The van der Waals surface area contributed by atoms with Gasteiger partial charge in [-0.1, -0.05) is 0 Å². The van der Waals surface area contributed by atoms with Gasteiger partial charge in [-0.3, -0.25) is 0 Å². The van der Waals surface area contributed by atoms with Crippen LogP contribution in [0, 0.1) is 11.6 Å². The van der Waals surface area contributed by atoms with Crippen molar-refractivity contribution >= 4 is 16.9 Å². The Balaban J connectivity index is 2.15. The molecule has 0 amide bonds. The van der Waals surface area contributed by atoms with Gasteiger partial charge in [0, 0.05) is 23.3 Å². The fourth-order valence-corrected chi connectivity index (χ4v) is 2.05. The maximum absolute atomic E-state index is 13.8. The number of halogens is 2. The molecule has 0 radical (unpaired) electrons. The summed E-state index contributed by atoms with van der Waals surface area (Å²) in [6.45, 7) is 0. The molecule has 2 aromatic heterocycles. The van der Waals surface area contributed by atoms with Crippen LogP contribution < -0.4 is 0 Å². The predicted molar refractivity (Wildman–Crippen MR) is 68.4 cm³/mol. The molecule has 0 aliphatic rings. The van der Waals surface area contributed by atoms with Crippen molar-refractivity contribution in [2.45, 2.75) is 0 Å². The molecule has 0 bridgehead atoms. The van der Waals surface area contributed by atoms with Crippen LogP contribution in [-0.2, 0) is 0 Å². The van der Waals surface area contributed by atoms with Crippen LogP contribution in [0.15, 0.2) is 36.7 Å². The molecule has 0 spiro atoms. The molecule has 20 heavy (non-hydrogen) atoms. The Bertz CT molecular complexity index is 827. The van der Waals surface area contributed by atoms with Crippen molar-refractivity contribution in [3.63, 3.8) is 0 Å². The van der Waals surface area contributed by atoms with Crippen molar-refractivity contribution < 1.29 is 18.7 Å². The molecule has 6 heteroatoms. The number of benzene rings is 1. The molecule has 2 heterocycles. The number of H-pyrrole nitrogens is 1. The highest BCUT2D eigenvalue weighted by molar-refractivity contribution is 5.88. The number of nitrogens with zero attached hydrogens (tertiary/aromatic N) is 1. The van der Waals surface area contributed by atoms with Crippen molar-refractivity contribution in [3.05, 3.63) is 54.0 Å². The number of aromatic carboxylic acids is 1.